The first kappa shape index (κ1) is 24.8. The molecule has 2 aromatic carbocycles. The summed E-state index contributed by atoms with van der Waals surface area (Å²) in [6, 6.07) is 8.56. The Labute approximate surface area is 208 Å². The maximum atomic E-state index is 15.1. The standard InChI is InChI=1S/C26H26ClFN4O3/c1-16(4-7-24(29-2)34-3)26(33)19-13-20(22(28)14-21(19)27)25-18-6-5-17(12-23(18)30-15-31-25)32-8-10-35-11-9-32/h4-7,12-15,26,33H,2,8-11H2,1,3H3/b16-4+,24-7+. The number of hydrogen-bond donors (Lipinski definition) is 1. The number of allylic oxidation sites excluding steroid dienone is 2. The van der Waals surface area contributed by atoms with Crippen LogP contribution in [0.5, 0.6) is 0 Å². The molecule has 1 N–H and O–H groups in total. The molecule has 3 aromatic rings. The maximum Gasteiger partial charge on any atom is 0.212 e. The Morgan fingerprint density at radius 2 is 2.03 bits per heavy atom. The van der Waals surface area contributed by atoms with Crippen LogP contribution in [-0.4, -0.2) is 55.2 Å². The van der Waals surface area contributed by atoms with Crippen LogP contribution in [0, 0.1) is 5.82 Å². The molecule has 182 valence electrons. The van der Waals surface area contributed by atoms with E-state index in [0.717, 1.165) is 18.8 Å². The van der Waals surface area contributed by atoms with E-state index in [1.165, 1.54) is 25.6 Å². The highest BCUT2D eigenvalue weighted by Gasteiger charge is 2.20. The van der Waals surface area contributed by atoms with Crippen LogP contribution in [0.2, 0.25) is 5.02 Å². The van der Waals surface area contributed by atoms with E-state index in [1.807, 2.05) is 18.2 Å². The van der Waals surface area contributed by atoms with Crippen molar-refractivity contribution in [2.24, 2.45) is 4.99 Å². The second-order valence-electron chi connectivity index (χ2n) is 8.06. The van der Waals surface area contributed by atoms with Gasteiger partial charge in [0.2, 0.25) is 5.88 Å². The highest BCUT2D eigenvalue weighted by Crippen LogP contribution is 2.36. The molecule has 1 aliphatic rings. The number of hydrogen-bond acceptors (Lipinski definition) is 7. The number of aliphatic imine (C=N–C) groups is 1. The number of nitrogens with zero attached hydrogens (tertiary/aromatic N) is 4. The molecule has 1 saturated heterocycles. The fraction of sp³-hybridized carbons (Fsp3) is 0.269. The monoisotopic (exact) mass is 496 g/mol. The SMILES string of the molecule is C=N/C(=C\C=C(/C)C(O)c1cc(-c2ncnc3cc(N4CCOCC4)ccc23)c(F)cc1Cl)OC. The summed E-state index contributed by atoms with van der Waals surface area (Å²) in [5, 5.41) is 11.8. The van der Waals surface area contributed by atoms with E-state index >= 15 is 4.39 Å². The molecule has 2 heterocycles. The van der Waals surface area contributed by atoms with E-state index in [1.54, 1.807) is 19.1 Å². The number of benzene rings is 2. The molecule has 1 atom stereocenters. The molecule has 9 heteroatoms. The Hall–Kier alpha value is -3.33. The van der Waals surface area contributed by atoms with E-state index in [9.17, 15) is 5.11 Å². The summed E-state index contributed by atoms with van der Waals surface area (Å²) in [6.45, 7) is 8.10. The predicted octanol–water partition coefficient (Wildman–Crippen LogP) is 5.09. The van der Waals surface area contributed by atoms with Gasteiger partial charge in [-0.25, -0.2) is 19.4 Å². The lowest BCUT2D eigenvalue weighted by atomic mass is 9.97. The second kappa shape index (κ2) is 10.9. The summed E-state index contributed by atoms with van der Waals surface area (Å²) in [7, 11) is 1.47. The van der Waals surface area contributed by atoms with Gasteiger partial charge in [0.05, 0.1) is 31.5 Å². The van der Waals surface area contributed by atoms with Gasteiger partial charge in [-0.05, 0) is 49.5 Å². The number of morpholine rings is 1. The topological polar surface area (TPSA) is 80.1 Å². The minimum Gasteiger partial charge on any atom is -0.481 e. The van der Waals surface area contributed by atoms with Crippen molar-refractivity contribution in [2.75, 3.05) is 38.3 Å². The molecule has 35 heavy (non-hydrogen) atoms. The second-order valence-corrected chi connectivity index (χ2v) is 8.46. The van der Waals surface area contributed by atoms with E-state index in [4.69, 9.17) is 21.1 Å². The average Bonchev–Trinajstić information content (AvgIpc) is 2.89. The highest BCUT2D eigenvalue weighted by atomic mass is 35.5. The Kier molecular flexibility index (Phi) is 7.75. The average molecular weight is 497 g/mol. The molecule has 1 aromatic heterocycles. The van der Waals surface area contributed by atoms with Crippen molar-refractivity contribution in [1.29, 1.82) is 0 Å². The van der Waals surface area contributed by atoms with Crippen molar-refractivity contribution >= 4 is 34.9 Å². The van der Waals surface area contributed by atoms with Crippen LogP contribution in [0.3, 0.4) is 0 Å². The Balaban J connectivity index is 1.74. The third-order valence-electron chi connectivity index (χ3n) is 5.92. The van der Waals surface area contributed by atoms with Crippen LogP contribution in [0.1, 0.15) is 18.6 Å². The number of rotatable bonds is 7. The van der Waals surface area contributed by atoms with Crippen molar-refractivity contribution in [1.82, 2.24) is 9.97 Å². The van der Waals surface area contributed by atoms with Crippen LogP contribution in [0.4, 0.5) is 10.1 Å². The van der Waals surface area contributed by atoms with Gasteiger partial charge in [0.25, 0.3) is 0 Å². The lowest BCUT2D eigenvalue weighted by molar-refractivity contribution is 0.122. The van der Waals surface area contributed by atoms with E-state index in [0.29, 0.717) is 46.8 Å². The summed E-state index contributed by atoms with van der Waals surface area (Å²) in [6.07, 6.45) is 3.55. The lowest BCUT2D eigenvalue weighted by Gasteiger charge is -2.29. The number of methoxy groups -OCH3 is 1. The van der Waals surface area contributed by atoms with Gasteiger partial charge in [-0.15, -0.1) is 0 Å². The van der Waals surface area contributed by atoms with Crippen molar-refractivity contribution in [3.05, 3.63) is 76.7 Å². The third-order valence-corrected chi connectivity index (χ3v) is 6.24. The molecule has 0 spiro atoms. The molecule has 1 unspecified atom stereocenters. The summed E-state index contributed by atoms with van der Waals surface area (Å²) in [5.74, 6) is -0.242. The number of aliphatic hydroxyl groups is 1. The first-order valence-electron chi connectivity index (χ1n) is 11.1. The number of aliphatic hydroxyl groups excluding tert-OH is 1. The number of aromatic nitrogens is 2. The summed E-state index contributed by atoms with van der Waals surface area (Å²) >= 11 is 6.33. The summed E-state index contributed by atoms with van der Waals surface area (Å²) < 4.78 is 25.6. The summed E-state index contributed by atoms with van der Waals surface area (Å²) in [4.78, 5) is 14.7. The molecule has 4 rings (SSSR count). The fourth-order valence-electron chi connectivity index (χ4n) is 3.96. The van der Waals surface area contributed by atoms with Crippen molar-refractivity contribution in [2.45, 2.75) is 13.0 Å². The van der Waals surface area contributed by atoms with Gasteiger partial charge in [-0.1, -0.05) is 17.7 Å². The first-order valence-corrected chi connectivity index (χ1v) is 11.4. The molecule has 0 radical (unpaired) electrons. The smallest absolute Gasteiger partial charge is 0.212 e. The first-order chi connectivity index (χ1) is 16.9. The predicted molar refractivity (Wildman–Crippen MR) is 136 cm³/mol. The molecular weight excluding hydrogens is 471 g/mol. The van der Waals surface area contributed by atoms with E-state index < -0.39 is 11.9 Å². The van der Waals surface area contributed by atoms with Crippen LogP contribution >= 0.6 is 11.6 Å². The third kappa shape index (κ3) is 5.35. The zero-order valence-corrected chi connectivity index (χ0v) is 20.3. The molecule has 7 nitrogen and oxygen atoms in total. The number of anilines is 1. The van der Waals surface area contributed by atoms with Gasteiger partial charge < -0.3 is 19.5 Å². The van der Waals surface area contributed by atoms with E-state index in [2.05, 4.69) is 26.6 Å². The minimum atomic E-state index is -1.08. The molecule has 0 aliphatic carbocycles. The highest BCUT2D eigenvalue weighted by molar-refractivity contribution is 6.31. The zero-order valence-electron chi connectivity index (χ0n) is 19.5. The normalized spacial score (nSPS) is 15.9. The van der Waals surface area contributed by atoms with Gasteiger partial charge in [0.1, 0.15) is 18.2 Å². The van der Waals surface area contributed by atoms with Gasteiger partial charge in [0, 0.05) is 46.4 Å². The molecule has 1 aliphatic heterocycles. The number of halogens is 2. The van der Waals surface area contributed by atoms with Gasteiger partial charge >= 0.3 is 0 Å². The molecular formula is C26H26ClFN4O3. The van der Waals surface area contributed by atoms with Crippen LogP contribution in [0.25, 0.3) is 22.2 Å². The number of fused-ring (bicyclic) bond motifs is 1. The fourth-order valence-corrected chi connectivity index (χ4v) is 4.21. The quantitative estimate of drug-likeness (QED) is 0.279. The Morgan fingerprint density at radius 3 is 2.74 bits per heavy atom. The molecule has 1 fully saturated rings. The number of ether oxygens (including phenoxy) is 2. The molecule has 0 amide bonds. The minimum absolute atomic E-state index is 0.109. The Morgan fingerprint density at radius 1 is 1.26 bits per heavy atom. The largest absolute Gasteiger partial charge is 0.481 e. The van der Waals surface area contributed by atoms with Gasteiger partial charge in [0.15, 0.2) is 0 Å². The van der Waals surface area contributed by atoms with Crippen LogP contribution in [0.15, 0.2) is 65.3 Å². The zero-order chi connectivity index (χ0) is 24.9. The lowest BCUT2D eigenvalue weighted by Crippen LogP contribution is -2.36. The maximum absolute atomic E-state index is 15.1. The van der Waals surface area contributed by atoms with Crippen molar-refractivity contribution < 1.29 is 19.0 Å². The Bertz CT molecular complexity index is 1310. The molecule has 0 bridgehead atoms. The summed E-state index contributed by atoms with van der Waals surface area (Å²) in [5.41, 5.74) is 3.28. The van der Waals surface area contributed by atoms with E-state index in [-0.39, 0.29) is 10.6 Å². The van der Waals surface area contributed by atoms with Crippen molar-refractivity contribution in [3.8, 4) is 11.3 Å². The van der Waals surface area contributed by atoms with Crippen molar-refractivity contribution in [3.63, 3.8) is 0 Å². The van der Waals surface area contributed by atoms with Gasteiger partial charge in [-0.2, -0.15) is 0 Å². The van der Waals surface area contributed by atoms with Gasteiger partial charge in [-0.3, -0.25) is 0 Å². The van der Waals surface area contributed by atoms with Crippen LogP contribution in [-0.2, 0) is 9.47 Å². The molecule has 0 saturated carbocycles. The van der Waals surface area contributed by atoms with Crippen LogP contribution < -0.4 is 4.90 Å².